The van der Waals surface area contributed by atoms with Crippen LogP contribution in [-0.2, 0) is 0 Å². The predicted molar refractivity (Wildman–Crippen MR) is 86.5 cm³/mol. The van der Waals surface area contributed by atoms with Gasteiger partial charge < -0.3 is 0 Å². The second-order valence-corrected chi connectivity index (χ2v) is 13.8. The average molecular weight is 361 g/mol. The Morgan fingerprint density at radius 1 is 0.864 bits per heavy atom. The van der Waals surface area contributed by atoms with Crippen molar-refractivity contribution >= 4 is 27.0 Å². The Bertz CT molecular complexity index is 584. The summed E-state index contributed by atoms with van der Waals surface area (Å²) in [7, 11) is 0. The quantitative estimate of drug-likeness (QED) is 0.682. The molecule has 116 valence electrons. The van der Waals surface area contributed by atoms with Gasteiger partial charge in [0.25, 0.3) is 0 Å². The fourth-order valence-corrected chi connectivity index (χ4v) is 13.6. The zero-order chi connectivity index (χ0) is 15.6. The van der Waals surface area contributed by atoms with Crippen molar-refractivity contribution in [1.82, 2.24) is 0 Å². The van der Waals surface area contributed by atoms with Gasteiger partial charge in [-0.1, -0.05) is 0 Å². The van der Waals surface area contributed by atoms with Crippen LogP contribution in [0, 0.1) is 5.92 Å². The summed E-state index contributed by atoms with van der Waals surface area (Å²) in [5.74, 6) is 0.269. The van der Waals surface area contributed by atoms with Gasteiger partial charge in [0.1, 0.15) is 0 Å². The van der Waals surface area contributed by atoms with Gasteiger partial charge in [-0.15, -0.1) is 0 Å². The third-order valence-corrected chi connectivity index (χ3v) is 15.1. The normalized spacial score (nSPS) is 13.6. The number of hydrogen-bond acceptors (Lipinski definition) is 4. The van der Waals surface area contributed by atoms with Crippen molar-refractivity contribution in [3.05, 3.63) is 55.2 Å². The molecule has 1 unspecified atom stereocenters. The van der Waals surface area contributed by atoms with E-state index in [0.717, 1.165) is 13.8 Å². The summed E-state index contributed by atoms with van der Waals surface area (Å²) in [5, 5.41) is 10.2. The number of aliphatic hydroxyl groups is 1. The topological polar surface area (TPSA) is 59.7 Å². The molecule has 5 heteroatoms. The molecule has 3 heterocycles. The number of rotatable bonds is 6. The van der Waals surface area contributed by atoms with Crippen molar-refractivity contribution in [1.29, 1.82) is 0 Å². The first kappa shape index (κ1) is 15.2. The van der Waals surface area contributed by atoms with E-state index >= 15 is 0 Å². The van der Waals surface area contributed by atoms with E-state index in [9.17, 15) is 5.11 Å². The van der Waals surface area contributed by atoms with E-state index in [-0.39, 0.29) is 17.3 Å². The molecule has 0 spiro atoms. The summed E-state index contributed by atoms with van der Waals surface area (Å²) in [4.78, 5) is 0. The predicted octanol–water partition coefficient (Wildman–Crippen LogP) is 1.95. The van der Waals surface area contributed by atoms with Crippen molar-refractivity contribution in [3.8, 4) is 0 Å². The molecule has 22 heavy (non-hydrogen) atoms. The number of hydrogen-bond donors (Lipinski definition) is 1. The van der Waals surface area contributed by atoms with Crippen molar-refractivity contribution in [2.24, 2.45) is 5.92 Å². The molecular formula is C17H20GeO4. The Kier molecular flexibility index (Phi) is 4.31. The molecule has 3 rings (SSSR count). The molecule has 1 atom stereocenters. The molecule has 0 aromatic carbocycles. The Labute approximate surface area is 132 Å². The van der Waals surface area contributed by atoms with Crippen LogP contribution in [-0.4, -0.2) is 25.0 Å². The van der Waals surface area contributed by atoms with Crippen LogP contribution in [0.1, 0.15) is 13.8 Å². The van der Waals surface area contributed by atoms with E-state index in [1.54, 1.807) is 18.8 Å². The van der Waals surface area contributed by atoms with Crippen molar-refractivity contribution in [2.75, 3.05) is 6.61 Å². The maximum atomic E-state index is 10.2. The molecule has 3 aromatic heterocycles. The van der Waals surface area contributed by atoms with Gasteiger partial charge in [-0.05, 0) is 0 Å². The molecule has 4 nitrogen and oxygen atoms in total. The summed E-state index contributed by atoms with van der Waals surface area (Å²) in [6.45, 7) is 4.31. The summed E-state index contributed by atoms with van der Waals surface area (Å²) in [5.41, 5.74) is 0. The fourth-order valence-electron chi connectivity index (χ4n) is 3.27. The monoisotopic (exact) mass is 362 g/mol. The molecule has 0 amide bonds. The zero-order valence-electron chi connectivity index (χ0n) is 12.7. The molecule has 0 radical (unpaired) electrons. The van der Waals surface area contributed by atoms with Crippen molar-refractivity contribution < 1.29 is 18.4 Å². The van der Waals surface area contributed by atoms with Crippen LogP contribution in [0.5, 0.6) is 0 Å². The van der Waals surface area contributed by atoms with Gasteiger partial charge in [-0.2, -0.15) is 0 Å². The summed E-state index contributed by atoms with van der Waals surface area (Å²) >= 11 is -3.38. The summed E-state index contributed by atoms with van der Waals surface area (Å²) < 4.78 is 20.2. The van der Waals surface area contributed by atoms with Crippen LogP contribution < -0.4 is 13.8 Å². The second kappa shape index (κ2) is 6.22. The van der Waals surface area contributed by atoms with Gasteiger partial charge in [0, 0.05) is 0 Å². The third-order valence-electron chi connectivity index (χ3n) is 4.29. The van der Waals surface area contributed by atoms with Crippen LogP contribution >= 0.6 is 0 Å². The van der Waals surface area contributed by atoms with E-state index in [1.165, 1.54) is 0 Å². The van der Waals surface area contributed by atoms with Crippen LogP contribution in [0.15, 0.2) is 68.4 Å². The first-order valence-electron chi connectivity index (χ1n) is 7.44. The molecule has 0 aliphatic carbocycles. The first-order valence-corrected chi connectivity index (χ1v) is 11.8. The Morgan fingerprint density at radius 2 is 1.27 bits per heavy atom. The average Bonchev–Trinajstić information content (AvgIpc) is 3.27. The van der Waals surface area contributed by atoms with Gasteiger partial charge in [-0.25, -0.2) is 0 Å². The minimum atomic E-state index is -3.38. The number of furan rings is 3. The van der Waals surface area contributed by atoms with E-state index in [0.29, 0.717) is 0 Å². The Balaban J connectivity index is 2.33. The van der Waals surface area contributed by atoms with Crippen LogP contribution in [0.3, 0.4) is 0 Å². The molecule has 0 aliphatic heterocycles. The molecule has 0 aliphatic rings. The molecule has 0 saturated heterocycles. The van der Waals surface area contributed by atoms with Crippen molar-refractivity contribution in [3.63, 3.8) is 0 Å². The SMILES string of the molecule is CC(C)[CH](CO)[Ge]([c]1ccco1)([c]1ccco1)[c]1ccco1. The minimum absolute atomic E-state index is 0.0310. The Hall–Kier alpha value is -1.66. The van der Waals surface area contributed by atoms with Gasteiger partial charge in [0.15, 0.2) is 0 Å². The fraction of sp³-hybridized carbons (Fsp3) is 0.294. The molecule has 0 bridgehead atoms. The molecule has 0 fully saturated rings. The van der Waals surface area contributed by atoms with Crippen molar-refractivity contribution in [2.45, 2.75) is 18.6 Å². The third kappa shape index (κ3) is 2.27. The van der Waals surface area contributed by atoms with Crippen LogP contribution in [0.25, 0.3) is 0 Å². The van der Waals surface area contributed by atoms with Crippen LogP contribution in [0.4, 0.5) is 0 Å². The molecule has 0 saturated carbocycles. The van der Waals surface area contributed by atoms with Gasteiger partial charge in [0.2, 0.25) is 0 Å². The molecule has 1 N–H and O–H groups in total. The van der Waals surface area contributed by atoms with E-state index in [2.05, 4.69) is 13.8 Å². The zero-order valence-corrected chi connectivity index (χ0v) is 14.8. The van der Waals surface area contributed by atoms with Gasteiger partial charge in [-0.3, -0.25) is 0 Å². The first-order chi connectivity index (χ1) is 10.7. The van der Waals surface area contributed by atoms with Gasteiger partial charge >= 0.3 is 132 Å². The Morgan fingerprint density at radius 3 is 1.50 bits per heavy atom. The van der Waals surface area contributed by atoms with E-state index in [1.807, 2.05) is 36.4 Å². The maximum absolute atomic E-state index is 10.2. The van der Waals surface area contributed by atoms with Gasteiger partial charge in [0.05, 0.1) is 0 Å². The summed E-state index contributed by atoms with van der Waals surface area (Å²) in [6.07, 6.45) is 5.03. The van der Waals surface area contributed by atoms with E-state index in [4.69, 9.17) is 13.3 Å². The number of aliphatic hydroxyl groups excluding tert-OH is 1. The summed E-state index contributed by atoms with van der Waals surface area (Å²) in [6, 6.07) is 11.6. The van der Waals surface area contributed by atoms with Crippen LogP contribution in [0.2, 0.25) is 4.75 Å². The second-order valence-electron chi connectivity index (χ2n) is 5.77. The molecular weight excluding hydrogens is 341 g/mol. The standard InChI is InChI=1S/C17H20GeO4/c1-13(2)14(12-19)18(15-6-3-9-20-15,16-7-4-10-21-16)17-8-5-11-22-17/h3-11,13-14,19H,12H2,1-2H3. The van der Waals surface area contributed by atoms with E-state index < -0.39 is 13.3 Å². The molecule has 3 aromatic rings.